The van der Waals surface area contributed by atoms with E-state index >= 15 is 0 Å². The van der Waals surface area contributed by atoms with Gasteiger partial charge in [-0.3, -0.25) is 0 Å². The van der Waals surface area contributed by atoms with E-state index < -0.39 is 0 Å². The van der Waals surface area contributed by atoms with Crippen LogP contribution in [0.25, 0.3) is 0 Å². The molecule has 0 amide bonds. The molecule has 2 N–H and O–H groups in total. The predicted molar refractivity (Wildman–Crippen MR) is 90.4 cm³/mol. The van der Waals surface area contributed by atoms with Crippen molar-refractivity contribution in [2.24, 2.45) is 0 Å². The lowest BCUT2D eigenvalue weighted by atomic mass is 10.3. The summed E-state index contributed by atoms with van der Waals surface area (Å²) < 4.78 is 1.03. The molecule has 2 rings (SSSR count). The van der Waals surface area contributed by atoms with Crippen molar-refractivity contribution in [3.05, 3.63) is 28.7 Å². The number of halogens is 1. The summed E-state index contributed by atoms with van der Waals surface area (Å²) in [6.45, 7) is 2.93. The lowest BCUT2D eigenvalue weighted by Gasteiger charge is -2.14. The SMILES string of the molecule is CCCNc1nc(Nc2ccc(Br)cc2)nc(N(C)C)n1. The van der Waals surface area contributed by atoms with Crippen molar-refractivity contribution in [1.29, 1.82) is 0 Å². The molecular weight excluding hydrogens is 332 g/mol. The molecule has 0 spiro atoms. The van der Waals surface area contributed by atoms with Gasteiger partial charge in [0.2, 0.25) is 17.8 Å². The highest BCUT2D eigenvalue weighted by atomic mass is 79.9. The van der Waals surface area contributed by atoms with E-state index in [-0.39, 0.29) is 0 Å². The second-order valence-corrected chi connectivity index (χ2v) is 5.65. The molecule has 1 aromatic heterocycles. The zero-order valence-corrected chi connectivity index (χ0v) is 14.0. The predicted octanol–water partition coefficient (Wildman–Crippen LogP) is 3.27. The number of rotatable bonds is 6. The summed E-state index contributed by atoms with van der Waals surface area (Å²) in [6.07, 6.45) is 1.01. The molecule has 7 heteroatoms. The summed E-state index contributed by atoms with van der Waals surface area (Å²) in [4.78, 5) is 15.0. The Balaban J connectivity index is 2.24. The molecule has 2 aromatic rings. The smallest absolute Gasteiger partial charge is 0.233 e. The van der Waals surface area contributed by atoms with E-state index in [9.17, 15) is 0 Å². The van der Waals surface area contributed by atoms with Crippen LogP contribution in [-0.2, 0) is 0 Å². The van der Waals surface area contributed by atoms with Crippen LogP contribution in [0.15, 0.2) is 28.7 Å². The number of nitrogens with one attached hydrogen (secondary N) is 2. The molecule has 0 bridgehead atoms. The monoisotopic (exact) mass is 350 g/mol. The fourth-order valence-electron chi connectivity index (χ4n) is 1.60. The maximum atomic E-state index is 4.40. The van der Waals surface area contributed by atoms with Crippen molar-refractivity contribution in [2.45, 2.75) is 13.3 Å². The summed E-state index contributed by atoms with van der Waals surface area (Å²) in [7, 11) is 3.81. The van der Waals surface area contributed by atoms with Crippen molar-refractivity contribution in [1.82, 2.24) is 15.0 Å². The molecule has 0 aliphatic carbocycles. The number of aromatic nitrogens is 3. The standard InChI is InChI=1S/C14H19BrN6/c1-4-9-16-12-18-13(20-14(19-12)21(2)3)17-11-7-5-10(15)6-8-11/h5-8H,4,9H2,1-3H3,(H2,16,17,18,19,20). The lowest BCUT2D eigenvalue weighted by Crippen LogP contribution is -2.16. The zero-order valence-electron chi connectivity index (χ0n) is 12.4. The molecule has 0 atom stereocenters. The van der Waals surface area contributed by atoms with Crippen molar-refractivity contribution < 1.29 is 0 Å². The molecule has 0 unspecified atom stereocenters. The molecule has 0 aliphatic rings. The molecule has 0 fully saturated rings. The third kappa shape index (κ3) is 4.56. The van der Waals surface area contributed by atoms with E-state index in [0.717, 1.165) is 23.1 Å². The molecule has 112 valence electrons. The summed E-state index contributed by atoms with van der Waals surface area (Å²) in [5.41, 5.74) is 0.926. The van der Waals surface area contributed by atoms with E-state index in [2.05, 4.69) is 48.4 Å². The fourth-order valence-corrected chi connectivity index (χ4v) is 1.86. The maximum absolute atomic E-state index is 4.40. The van der Waals surface area contributed by atoms with E-state index in [1.165, 1.54) is 0 Å². The first kappa shape index (κ1) is 15.5. The number of benzene rings is 1. The number of hydrogen-bond acceptors (Lipinski definition) is 6. The Labute approximate surface area is 133 Å². The Morgan fingerprint density at radius 2 is 1.71 bits per heavy atom. The minimum atomic E-state index is 0.523. The van der Waals surface area contributed by atoms with Gasteiger partial charge < -0.3 is 15.5 Å². The minimum Gasteiger partial charge on any atom is -0.354 e. The summed E-state index contributed by atoms with van der Waals surface area (Å²) in [5, 5.41) is 6.38. The second kappa shape index (κ2) is 7.21. The van der Waals surface area contributed by atoms with Gasteiger partial charge in [-0.2, -0.15) is 15.0 Å². The van der Waals surface area contributed by atoms with Crippen molar-refractivity contribution in [3.8, 4) is 0 Å². The highest BCUT2D eigenvalue weighted by molar-refractivity contribution is 9.10. The Morgan fingerprint density at radius 3 is 2.33 bits per heavy atom. The summed E-state index contributed by atoms with van der Waals surface area (Å²) >= 11 is 3.42. The van der Waals surface area contributed by atoms with Crippen molar-refractivity contribution in [3.63, 3.8) is 0 Å². The first-order valence-corrected chi connectivity index (χ1v) is 7.57. The van der Waals surface area contributed by atoms with Gasteiger partial charge in [-0.05, 0) is 30.7 Å². The largest absolute Gasteiger partial charge is 0.354 e. The number of hydrogen-bond donors (Lipinski definition) is 2. The first-order valence-electron chi connectivity index (χ1n) is 6.78. The van der Waals surface area contributed by atoms with Crippen molar-refractivity contribution in [2.75, 3.05) is 36.2 Å². The van der Waals surface area contributed by atoms with Crippen LogP contribution in [-0.4, -0.2) is 35.6 Å². The normalized spacial score (nSPS) is 10.3. The Hall–Kier alpha value is -1.89. The molecule has 1 heterocycles. The van der Waals surface area contributed by atoms with Crippen LogP contribution in [0, 0.1) is 0 Å². The van der Waals surface area contributed by atoms with Gasteiger partial charge in [-0.1, -0.05) is 22.9 Å². The zero-order chi connectivity index (χ0) is 15.2. The highest BCUT2D eigenvalue weighted by Gasteiger charge is 2.08. The van der Waals surface area contributed by atoms with Crippen LogP contribution in [0.1, 0.15) is 13.3 Å². The van der Waals surface area contributed by atoms with Crippen LogP contribution in [0.2, 0.25) is 0 Å². The molecule has 1 aromatic carbocycles. The number of anilines is 4. The third-order valence-corrected chi connectivity index (χ3v) is 3.19. The quantitative estimate of drug-likeness (QED) is 0.833. The number of nitrogens with zero attached hydrogens (tertiary/aromatic N) is 4. The van der Waals surface area contributed by atoms with Crippen LogP contribution in [0.5, 0.6) is 0 Å². The van der Waals surface area contributed by atoms with Gasteiger partial charge in [0, 0.05) is 30.8 Å². The van der Waals surface area contributed by atoms with Gasteiger partial charge in [0.15, 0.2) is 0 Å². The third-order valence-electron chi connectivity index (χ3n) is 2.66. The molecule has 0 saturated heterocycles. The van der Waals surface area contributed by atoms with E-state index in [0.29, 0.717) is 17.8 Å². The highest BCUT2D eigenvalue weighted by Crippen LogP contribution is 2.19. The van der Waals surface area contributed by atoms with Gasteiger partial charge in [-0.25, -0.2) is 0 Å². The molecule has 6 nitrogen and oxygen atoms in total. The molecule has 21 heavy (non-hydrogen) atoms. The average Bonchev–Trinajstić information content (AvgIpc) is 2.47. The summed E-state index contributed by atoms with van der Waals surface area (Å²) in [5.74, 6) is 1.72. The second-order valence-electron chi connectivity index (χ2n) is 4.74. The summed E-state index contributed by atoms with van der Waals surface area (Å²) in [6, 6.07) is 7.85. The topological polar surface area (TPSA) is 66.0 Å². The lowest BCUT2D eigenvalue weighted by molar-refractivity contribution is 0.919. The van der Waals surface area contributed by atoms with Crippen LogP contribution in [0.3, 0.4) is 0 Å². The Kier molecular flexibility index (Phi) is 5.32. The Morgan fingerprint density at radius 1 is 1.05 bits per heavy atom. The van der Waals surface area contributed by atoms with Gasteiger partial charge in [0.05, 0.1) is 0 Å². The minimum absolute atomic E-state index is 0.523. The molecule has 0 saturated carbocycles. The van der Waals surface area contributed by atoms with Crippen LogP contribution >= 0.6 is 15.9 Å². The Bertz CT molecular complexity index is 585. The van der Waals surface area contributed by atoms with Crippen LogP contribution in [0.4, 0.5) is 23.5 Å². The van der Waals surface area contributed by atoms with E-state index in [1.54, 1.807) is 0 Å². The van der Waals surface area contributed by atoms with Crippen molar-refractivity contribution >= 4 is 39.5 Å². The van der Waals surface area contributed by atoms with Crippen LogP contribution < -0.4 is 15.5 Å². The average molecular weight is 351 g/mol. The fraction of sp³-hybridized carbons (Fsp3) is 0.357. The maximum Gasteiger partial charge on any atom is 0.233 e. The first-order chi connectivity index (χ1) is 10.1. The van der Waals surface area contributed by atoms with E-state index in [1.807, 2.05) is 43.3 Å². The van der Waals surface area contributed by atoms with Gasteiger partial charge >= 0.3 is 0 Å². The molecular formula is C14H19BrN6. The van der Waals surface area contributed by atoms with E-state index in [4.69, 9.17) is 0 Å². The molecule has 0 aliphatic heterocycles. The van der Waals surface area contributed by atoms with Gasteiger partial charge in [-0.15, -0.1) is 0 Å². The van der Waals surface area contributed by atoms with Gasteiger partial charge in [0.25, 0.3) is 0 Å². The molecule has 0 radical (unpaired) electrons. The van der Waals surface area contributed by atoms with Gasteiger partial charge in [0.1, 0.15) is 0 Å².